The average Bonchev–Trinajstić information content (AvgIpc) is 3.13. The quantitative estimate of drug-likeness (QED) is 0.892. The van der Waals surface area contributed by atoms with Crippen LogP contribution in [0.4, 0.5) is 5.69 Å². The molecule has 0 bridgehead atoms. The maximum Gasteiger partial charge on any atom is 0.251 e. The van der Waals surface area contributed by atoms with Crippen LogP contribution in [0.3, 0.4) is 0 Å². The molecule has 0 atom stereocenters. The van der Waals surface area contributed by atoms with E-state index >= 15 is 0 Å². The van der Waals surface area contributed by atoms with Gasteiger partial charge in [-0.25, -0.2) is 0 Å². The van der Waals surface area contributed by atoms with Crippen molar-refractivity contribution in [1.29, 1.82) is 0 Å². The van der Waals surface area contributed by atoms with E-state index in [1.54, 1.807) is 35.6 Å². The standard InChI is InChI=1S/C16H16N2O2S/c19-15(10-14-2-1-9-21-14)17-12-5-3-11(4-6-12)16(20)18-13-7-8-13/h1-6,9,13H,7-8,10H2,(H,17,19)(H,18,20). The Balaban J connectivity index is 1.56. The number of rotatable bonds is 5. The number of amides is 2. The van der Waals surface area contributed by atoms with Crippen molar-refractivity contribution in [3.63, 3.8) is 0 Å². The van der Waals surface area contributed by atoms with Crippen LogP contribution in [0.25, 0.3) is 0 Å². The number of hydrogen-bond donors (Lipinski definition) is 2. The minimum Gasteiger partial charge on any atom is -0.349 e. The summed E-state index contributed by atoms with van der Waals surface area (Å²) in [4.78, 5) is 24.7. The molecule has 0 radical (unpaired) electrons. The van der Waals surface area contributed by atoms with Crippen LogP contribution < -0.4 is 10.6 Å². The molecule has 4 nitrogen and oxygen atoms in total. The molecule has 1 aromatic heterocycles. The van der Waals surface area contributed by atoms with E-state index in [1.807, 2.05) is 17.5 Å². The molecule has 0 aliphatic heterocycles. The molecule has 1 aliphatic rings. The number of carbonyl (C=O) groups excluding carboxylic acids is 2. The van der Waals surface area contributed by atoms with Gasteiger partial charge in [-0.15, -0.1) is 11.3 Å². The van der Waals surface area contributed by atoms with Crippen molar-refractivity contribution in [3.8, 4) is 0 Å². The van der Waals surface area contributed by atoms with Gasteiger partial charge in [-0.05, 0) is 48.6 Å². The van der Waals surface area contributed by atoms with Crippen LogP contribution in [0.2, 0.25) is 0 Å². The molecule has 1 fully saturated rings. The first kappa shape index (κ1) is 13.8. The summed E-state index contributed by atoms with van der Waals surface area (Å²) in [5.74, 6) is -0.0957. The molecule has 0 unspecified atom stereocenters. The van der Waals surface area contributed by atoms with Crippen molar-refractivity contribution in [2.45, 2.75) is 25.3 Å². The Kier molecular flexibility index (Phi) is 4.01. The summed E-state index contributed by atoms with van der Waals surface area (Å²) in [7, 11) is 0. The lowest BCUT2D eigenvalue weighted by Gasteiger charge is -2.06. The highest BCUT2D eigenvalue weighted by Crippen LogP contribution is 2.19. The smallest absolute Gasteiger partial charge is 0.251 e. The first-order valence-corrected chi connectivity index (χ1v) is 7.82. The zero-order valence-corrected chi connectivity index (χ0v) is 12.3. The van der Waals surface area contributed by atoms with E-state index in [-0.39, 0.29) is 11.8 Å². The molecule has 1 heterocycles. The van der Waals surface area contributed by atoms with Gasteiger partial charge in [0.05, 0.1) is 6.42 Å². The van der Waals surface area contributed by atoms with Gasteiger partial charge >= 0.3 is 0 Å². The Labute approximate surface area is 127 Å². The summed E-state index contributed by atoms with van der Waals surface area (Å²) >= 11 is 1.57. The SMILES string of the molecule is O=C(Cc1cccs1)Nc1ccc(C(=O)NC2CC2)cc1. The van der Waals surface area contributed by atoms with Crippen molar-refractivity contribution >= 4 is 28.8 Å². The second-order valence-corrected chi connectivity index (χ2v) is 6.16. The third kappa shape index (κ3) is 3.92. The minimum absolute atomic E-state index is 0.0473. The van der Waals surface area contributed by atoms with E-state index < -0.39 is 0 Å². The topological polar surface area (TPSA) is 58.2 Å². The normalized spacial score (nSPS) is 13.7. The number of thiophene rings is 1. The van der Waals surface area contributed by atoms with Gasteiger partial charge in [0.15, 0.2) is 0 Å². The van der Waals surface area contributed by atoms with Crippen LogP contribution in [0.5, 0.6) is 0 Å². The molecule has 108 valence electrons. The van der Waals surface area contributed by atoms with Crippen LogP contribution in [0.1, 0.15) is 28.1 Å². The predicted octanol–water partition coefficient (Wildman–Crippen LogP) is 2.82. The summed E-state index contributed by atoms with van der Waals surface area (Å²) in [5.41, 5.74) is 1.33. The summed E-state index contributed by atoms with van der Waals surface area (Å²) in [6.07, 6.45) is 2.52. The number of benzene rings is 1. The Morgan fingerprint density at radius 3 is 2.52 bits per heavy atom. The predicted molar refractivity (Wildman–Crippen MR) is 83.6 cm³/mol. The summed E-state index contributed by atoms with van der Waals surface area (Å²) in [6.45, 7) is 0. The number of anilines is 1. The fourth-order valence-electron chi connectivity index (χ4n) is 1.98. The largest absolute Gasteiger partial charge is 0.349 e. The Hall–Kier alpha value is -2.14. The lowest BCUT2D eigenvalue weighted by atomic mass is 10.2. The monoisotopic (exact) mass is 300 g/mol. The van der Waals surface area contributed by atoms with E-state index in [1.165, 1.54) is 0 Å². The van der Waals surface area contributed by atoms with Crippen molar-refractivity contribution in [1.82, 2.24) is 5.32 Å². The number of nitrogens with one attached hydrogen (secondary N) is 2. The van der Waals surface area contributed by atoms with Crippen molar-refractivity contribution in [2.75, 3.05) is 5.32 Å². The lowest BCUT2D eigenvalue weighted by Crippen LogP contribution is -2.25. The molecule has 3 rings (SSSR count). The first-order valence-electron chi connectivity index (χ1n) is 6.94. The summed E-state index contributed by atoms with van der Waals surface area (Å²) in [6, 6.07) is 11.2. The summed E-state index contributed by atoms with van der Waals surface area (Å²) < 4.78 is 0. The highest BCUT2D eigenvalue weighted by Gasteiger charge is 2.23. The van der Waals surface area contributed by atoms with Crippen molar-refractivity contribution in [3.05, 3.63) is 52.2 Å². The highest BCUT2D eigenvalue weighted by atomic mass is 32.1. The van der Waals surface area contributed by atoms with Crippen LogP contribution in [0, 0.1) is 0 Å². The average molecular weight is 300 g/mol. The molecule has 1 aliphatic carbocycles. The number of carbonyl (C=O) groups is 2. The molecule has 21 heavy (non-hydrogen) atoms. The molecule has 5 heteroatoms. The molecule has 0 saturated heterocycles. The van der Waals surface area contributed by atoms with E-state index in [4.69, 9.17) is 0 Å². The van der Waals surface area contributed by atoms with Gasteiger partial charge in [0.25, 0.3) is 5.91 Å². The molecule has 1 aromatic carbocycles. The third-order valence-electron chi connectivity index (χ3n) is 3.26. The van der Waals surface area contributed by atoms with Gasteiger partial charge in [0, 0.05) is 22.2 Å². The van der Waals surface area contributed by atoms with Crippen LogP contribution in [-0.2, 0) is 11.2 Å². The fourth-order valence-corrected chi connectivity index (χ4v) is 2.68. The second-order valence-electron chi connectivity index (χ2n) is 5.13. The molecule has 2 aromatic rings. The fraction of sp³-hybridized carbons (Fsp3) is 0.250. The van der Waals surface area contributed by atoms with Gasteiger partial charge in [0.2, 0.25) is 5.91 Å². The van der Waals surface area contributed by atoms with Crippen LogP contribution in [0.15, 0.2) is 41.8 Å². The van der Waals surface area contributed by atoms with Gasteiger partial charge in [0.1, 0.15) is 0 Å². The molecule has 0 spiro atoms. The molecule has 2 N–H and O–H groups in total. The summed E-state index contributed by atoms with van der Waals surface area (Å²) in [5, 5.41) is 7.72. The number of hydrogen-bond acceptors (Lipinski definition) is 3. The van der Waals surface area contributed by atoms with E-state index in [9.17, 15) is 9.59 Å². The Bertz CT molecular complexity index is 631. The van der Waals surface area contributed by atoms with E-state index in [2.05, 4.69) is 10.6 Å². The van der Waals surface area contributed by atoms with Crippen molar-refractivity contribution < 1.29 is 9.59 Å². The molecule has 2 amide bonds. The van der Waals surface area contributed by atoms with Gasteiger partial charge < -0.3 is 10.6 Å². The highest BCUT2D eigenvalue weighted by molar-refractivity contribution is 7.10. The van der Waals surface area contributed by atoms with Gasteiger partial charge in [-0.1, -0.05) is 6.07 Å². The molecular formula is C16H16N2O2S. The zero-order valence-electron chi connectivity index (χ0n) is 11.5. The Morgan fingerprint density at radius 1 is 1.14 bits per heavy atom. The van der Waals surface area contributed by atoms with E-state index in [0.29, 0.717) is 23.7 Å². The van der Waals surface area contributed by atoms with Crippen LogP contribution >= 0.6 is 11.3 Å². The maximum atomic E-state index is 11.9. The van der Waals surface area contributed by atoms with E-state index in [0.717, 1.165) is 17.7 Å². The van der Waals surface area contributed by atoms with Crippen molar-refractivity contribution in [2.24, 2.45) is 0 Å². The molecular weight excluding hydrogens is 284 g/mol. The van der Waals surface area contributed by atoms with Crippen LogP contribution in [-0.4, -0.2) is 17.9 Å². The van der Waals surface area contributed by atoms with Gasteiger partial charge in [-0.3, -0.25) is 9.59 Å². The lowest BCUT2D eigenvalue weighted by molar-refractivity contribution is -0.115. The minimum atomic E-state index is -0.0485. The zero-order chi connectivity index (χ0) is 14.7. The molecule has 1 saturated carbocycles. The maximum absolute atomic E-state index is 11.9. The first-order chi connectivity index (χ1) is 10.2. The van der Waals surface area contributed by atoms with Gasteiger partial charge in [-0.2, -0.15) is 0 Å². The second kappa shape index (κ2) is 6.10. The third-order valence-corrected chi connectivity index (χ3v) is 4.13. The Morgan fingerprint density at radius 2 is 1.90 bits per heavy atom.